The second-order valence-corrected chi connectivity index (χ2v) is 8.01. The van der Waals surface area contributed by atoms with Crippen molar-refractivity contribution < 1.29 is 9.47 Å². The molecule has 0 fully saturated rings. The van der Waals surface area contributed by atoms with Gasteiger partial charge < -0.3 is 9.47 Å². The van der Waals surface area contributed by atoms with Crippen LogP contribution < -0.4 is 9.47 Å². The lowest BCUT2D eigenvalue weighted by molar-refractivity contribution is 0.310. The van der Waals surface area contributed by atoms with Gasteiger partial charge in [-0.1, -0.05) is 105 Å². The summed E-state index contributed by atoms with van der Waals surface area (Å²) < 4.78 is 12.0. The van der Waals surface area contributed by atoms with Crippen LogP contribution in [0.5, 0.6) is 11.5 Å². The fourth-order valence-electron chi connectivity index (χ4n) is 4.01. The standard InChI is InChI=1S/C31H30O2/c1-4-5-21-33-31-27(18-12-19-29(31)24-13-7-6-8-14-24)23(2)25-15-11-16-26(22-25)28-17-9-10-20-30(28)32-3/h6-20,22H,2,4-5,21H2,1,3H3. The fourth-order valence-corrected chi connectivity index (χ4v) is 4.01. The van der Waals surface area contributed by atoms with Gasteiger partial charge >= 0.3 is 0 Å². The topological polar surface area (TPSA) is 18.5 Å². The van der Waals surface area contributed by atoms with E-state index in [0.717, 1.165) is 63.3 Å². The summed E-state index contributed by atoms with van der Waals surface area (Å²) in [6, 6.07) is 33.2. The van der Waals surface area contributed by atoms with E-state index in [1.807, 2.05) is 24.3 Å². The van der Waals surface area contributed by atoms with Gasteiger partial charge in [-0.3, -0.25) is 0 Å². The van der Waals surface area contributed by atoms with Crippen molar-refractivity contribution in [3.05, 3.63) is 115 Å². The molecule has 0 spiro atoms. The van der Waals surface area contributed by atoms with E-state index in [0.29, 0.717) is 6.61 Å². The molecule has 4 rings (SSSR count). The molecule has 0 N–H and O–H groups in total. The first-order valence-corrected chi connectivity index (χ1v) is 11.5. The van der Waals surface area contributed by atoms with Crippen LogP contribution in [0.2, 0.25) is 0 Å². The van der Waals surface area contributed by atoms with Gasteiger partial charge in [0, 0.05) is 16.7 Å². The van der Waals surface area contributed by atoms with E-state index >= 15 is 0 Å². The Bertz CT molecular complexity index is 1220. The Labute approximate surface area is 197 Å². The van der Waals surface area contributed by atoms with Crippen LogP contribution in [0.3, 0.4) is 0 Å². The average Bonchev–Trinajstić information content (AvgIpc) is 2.89. The zero-order valence-corrected chi connectivity index (χ0v) is 19.4. The number of ether oxygens (including phenoxy) is 2. The third-order valence-corrected chi connectivity index (χ3v) is 5.80. The first-order chi connectivity index (χ1) is 16.2. The second-order valence-electron chi connectivity index (χ2n) is 8.01. The summed E-state index contributed by atoms with van der Waals surface area (Å²) in [7, 11) is 1.70. The maximum absolute atomic E-state index is 6.38. The molecule has 2 nitrogen and oxygen atoms in total. The molecular formula is C31H30O2. The Morgan fingerprint density at radius 2 is 1.45 bits per heavy atom. The van der Waals surface area contributed by atoms with E-state index in [9.17, 15) is 0 Å². The quantitative estimate of drug-likeness (QED) is 0.247. The highest BCUT2D eigenvalue weighted by molar-refractivity contribution is 5.88. The molecule has 0 saturated carbocycles. The van der Waals surface area contributed by atoms with Gasteiger partial charge in [0.15, 0.2) is 0 Å². The molecule has 0 aromatic heterocycles. The zero-order valence-electron chi connectivity index (χ0n) is 19.4. The molecule has 0 unspecified atom stereocenters. The molecule has 4 aromatic carbocycles. The van der Waals surface area contributed by atoms with Crippen molar-refractivity contribution in [2.75, 3.05) is 13.7 Å². The first-order valence-electron chi connectivity index (χ1n) is 11.5. The summed E-state index contributed by atoms with van der Waals surface area (Å²) in [6.45, 7) is 7.34. The third-order valence-electron chi connectivity index (χ3n) is 5.80. The Hall–Kier alpha value is -3.78. The summed E-state index contributed by atoms with van der Waals surface area (Å²) >= 11 is 0. The summed E-state index contributed by atoms with van der Waals surface area (Å²) in [4.78, 5) is 0. The van der Waals surface area contributed by atoms with Crippen molar-refractivity contribution in [1.82, 2.24) is 0 Å². The molecule has 0 aliphatic heterocycles. The Balaban J connectivity index is 1.77. The average molecular weight is 435 g/mol. The predicted molar refractivity (Wildman–Crippen MR) is 139 cm³/mol. The number of benzene rings is 4. The Kier molecular flexibility index (Phi) is 7.26. The first kappa shape index (κ1) is 22.4. The summed E-state index contributed by atoms with van der Waals surface area (Å²) in [5, 5.41) is 0. The molecule has 0 aliphatic rings. The minimum absolute atomic E-state index is 0.682. The van der Waals surface area contributed by atoms with Gasteiger partial charge in [-0.15, -0.1) is 0 Å². The van der Waals surface area contributed by atoms with E-state index in [1.165, 1.54) is 0 Å². The molecule has 0 bridgehead atoms. The fraction of sp³-hybridized carbons (Fsp3) is 0.161. The lowest BCUT2D eigenvalue weighted by atomic mass is 9.92. The lowest BCUT2D eigenvalue weighted by Gasteiger charge is -2.18. The van der Waals surface area contributed by atoms with Crippen molar-refractivity contribution in [3.63, 3.8) is 0 Å². The van der Waals surface area contributed by atoms with Crippen molar-refractivity contribution in [2.24, 2.45) is 0 Å². The predicted octanol–water partition coefficient (Wildman–Crippen LogP) is 8.27. The van der Waals surface area contributed by atoms with Crippen LogP contribution in [-0.2, 0) is 0 Å². The summed E-state index contributed by atoms with van der Waals surface area (Å²) in [5.74, 6) is 1.75. The van der Waals surface area contributed by atoms with Crippen molar-refractivity contribution in [1.29, 1.82) is 0 Å². The molecule has 0 amide bonds. The van der Waals surface area contributed by atoms with Crippen LogP contribution in [0.15, 0.2) is 104 Å². The van der Waals surface area contributed by atoms with E-state index < -0.39 is 0 Å². The zero-order chi connectivity index (χ0) is 23.0. The monoisotopic (exact) mass is 434 g/mol. The van der Waals surface area contributed by atoms with Crippen LogP contribution in [0.4, 0.5) is 0 Å². The van der Waals surface area contributed by atoms with E-state index in [2.05, 4.69) is 86.3 Å². The number of rotatable bonds is 9. The second kappa shape index (κ2) is 10.7. The van der Waals surface area contributed by atoms with Gasteiger partial charge in [0.05, 0.1) is 13.7 Å². The minimum atomic E-state index is 0.682. The largest absolute Gasteiger partial charge is 0.496 e. The molecule has 0 atom stereocenters. The number of unbranched alkanes of at least 4 members (excludes halogenated alkanes) is 1. The molecule has 0 aliphatic carbocycles. The molecule has 4 aromatic rings. The van der Waals surface area contributed by atoms with Crippen LogP contribution in [0.25, 0.3) is 27.8 Å². The Morgan fingerprint density at radius 3 is 2.24 bits per heavy atom. The highest BCUT2D eigenvalue weighted by atomic mass is 16.5. The van der Waals surface area contributed by atoms with Gasteiger partial charge in [0.1, 0.15) is 11.5 Å². The Morgan fingerprint density at radius 1 is 0.758 bits per heavy atom. The maximum Gasteiger partial charge on any atom is 0.134 e. The smallest absolute Gasteiger partial charge is 0.134 e. The number of para-hydroxylation sites is 2. The molecule has 33 heavy (non-hydrogen) atoms. The van der Waals surface area contributed by atoms with Gasteiger partial charge in [0.25, 0.3) is 0 Å². The van der Waals surface area contributed by atoms with Crippen molar-refractivity contribution >= 4 is 5.57 Å². The SMILES string of the molecule is C=C(c1cccc(-c2ccccc2OC)c1)c1cccc(-c2ccccc2)c1OCCCC. The molecule has 166 valence electrons. The van der Waals surface area contributed by atoms with Crippen LogP contribution in [0, 0.1) is 0 Å². The van der Waals surface area contributed by atoms with Gasteiger partial charge in [0.2, 0.25) is 0 Å². The summed E-state index contributed by atoms with van der Waals surface area (Å²) in [6.07, 6.45) is 2.10. The van der Waals surface area contributed by atoms with Gasteiger partial charge in [-0.2, -0.15) is 0 Å². The molecule has 0 saturated heterocycles. The normalized spacial score (nSPS) is 10.6. The number of hydrogen-bond acceptors (Lipinski definition) is 2. The molecule has 2 heteroatoms. The highest BCUT2D eigenvalue weighted by Crippen LogP contribution is 2.39. The van der Waals surface area contributed by atoms with Crippen molar-refractivity contribution in [2.45, 2.75) is 19.8 Å². The maximum atomic E-state index is 6.38. The van der Waals surface area contributed by atoms with E-state index in [4.69, 9.17) is 9.47 Å². The minimum Gasteiger partial charge on any atom is -0.496 e. The van der Waals surface area contributed by atoms with Crippen LogP contribution in [0.1, 0.15) is 30.9 Å². The molecule has 0 radical (unpaired) electrons. The number of methoxy groups -OCH3 is 1. The lowest BCUT2D eigenvalue weighted by Crippen LogP contribution is -2.02. The van der Waals surface area contributed by atoms with Crippen LogP contribution >= 0.6 is 0 Å². The van der Waals surface area contributed by atoms with Gasteiger partial charge in [-0.25, -0.2) is 0 Å². The highest BCUT2D eigenvalue weighted by Gasteiger charge is 2.16. The van der Waals surface area contributed by atoms with Crippen molar-refractivity contribution in [3.8, 4) is 33.8 Å². The number of hydrogen-bond donors (Lipinski definition) is 0. The summed E-state index contributed by atoms with van der Waals surface area (Å²) in [5.41, 5.74) is 7.41. The molecule has 0 heterocycles. The van der Waals surface area contributed by atoms with E-state index in [1.54, 1.807) is 7.11 Å². The van der Waals surface area contributed by atoms with Crippen LogP contribution in [-0.4, -0.2) is 13.7 Å². The molecular weight excluding hydrogens is 404 g/mol. The third kappa shape index (κ3) is 5.01. The van der Waals surface area contributed by atoms with E-state index in [-0.39, 0.29) is 0 Å². The van der Waals surface area contributed by atoms with Gasteiger partial charge in [-0.05, 0) is 40.8 Å².